The number of halogens is 2. The molecule has 26 heavy (non-hydrogen) atoms. The Morgan fingerprint density at radius 2 is 2.15 bits per heavy atom. The van der Waals surface area contributed by atoms with Crippen LogP contribution in [0.3, 0.4) is 0 Å². The topological polar surface area (TPSA) is 45.3 Å². The molecular weight excluding hydrogens is 355 g/mol. The van der Waals surface area contributed by atoms with Crippen LogP contribution in [0.25, 0.3) is 10.9 Å². The Morgan fingerprint density at radius 1 is 1.31 bits per heavy atom. The standard InChI is InChI=1S/C20H18ClFN2O2/c1-12-19(16-10-15(22)5-6-17(16)23-12)20(25)24-7-8-26-18(11-24)13-3-2-4-14(21)9-13/h2-6,9-10,18,23H,7-8,11H2,1H3. The molecule has 1 atom stereocenters. The van der Waals surface area contributed by atoms with Crippen LogP contribution in [0, 0.1) is 12.7 Å². The van der Waals surface area contributed by atoms with Gasteiger partial charge in [-0.05, 0) is 42.8 Å². The number of H-pyrrole nitrogens is 1. The third-order valence-electron chi connectivity index (χ3n) is 4.74. The largest absolute Gasteiger partial charge is 0.370 e. The Labute approximate surface area is 155 Å². The highest BCUT2D eigenvalue weighted by atomic mass is 35.5. The summed E-state index contributed by atoms with van der Waals surface area (Å²) in [6, 6.07) is 11.9. The second-order valence-corrected chi connectivity index (χ2v) is 6.92. The number of benzene rings is 2. The maximum atomic E-state index is 13.7. The maximum Gasteiger partial charge on any atom is 0.256 e. The lowest BCUT2D eigenvalue weighted by molar-refractivity contribution is -0.0227. The van der Waals surface area contributed by atoms with E-state index < -0.39 is 0 Å². The van der Waals surface area contributed by atoms with Crippen molar-refractivity contribution in [3.8, 4) is 0 Å². The predicted molar refractivity (Wildman–Crippen MR) is 99.0 cm³/mol. The van der Waals surface area contributed by atoms with Crippen LogP contribution in [0.15, 0.2) is 42.5 Å². The third-order valence-corrected chi connectivity index (χ3v) is 4.97. The number of hydrogen-bond acceptors (Lipinski definition) is 2. The van der Waals surface area contributed by atoms with Crippen molar-refractivity contribution in [3.63, 3.8) is 0 Å². The van der Waals surface area contributed by atoms with Crippen molar-refractivity contribution in [1.29, 1.82) is 0 Å². The Bertz CT molecular complexity index is 985. The molecule has 3 aromatic rings. The van der Waals surface area contributed by atoms with Crippen molar-refractivity contribution in [2.75, 3.05) is 19.7 Å². The number of fused-ring (bicyclic) bond motifs is 1. The van der Waals surface area contributed by atoms with Crippen LogP contribution in [-0.2, 0) is 4.74 Å². The van der Waals surface area contributed by atoms with Crippen molar-refractivity contribution >= 4 is 28.4 Å². The van der Waals surface area contributed by atoms with Gasteiger partial charge < -0.3 is 14.6 Å². The molecule has 0 radical (unpaired) electrons. The number of hydrogen-bond donors (Lipinski definition) is 1. The van der Waals surface area contributed by atoms with Gasteiger partial charge in [-0.3, -0.25) is 4.79 Å². The number of rotatable bonds is 2. The summed E-state index contributed by atoms with van der Waals surface area (Å²) in [5.41, 5.74) is 2.95. The molecule has 6 heteroatoms. The minimum atomic E-state index is -0.357. The van der Waals surface area contributed by atoms with Crippen molar-refractivity contribution in [1.82, 2.24) is 9.88 Å². The molecule has 1 aliphatic rings. The molecule has 4 nitrogen and oxygen atoms in total. The summed E-state index contributed by atoms with van der Waals surface area (Å²) in [6.07, 6.45) is -0.228. The number of nitrogens with zero attached hydrogens (tertiary/aromatic N) is 1. The van der Waals surface area contributed by atoms with E-state index in [0.717, 1.165) is 16.8 Å². The molecule has 1 N–H and O–H groups in total. The monoisotopic (exact) mass is 372 g/mol. The van der Waals surface area contributed by atoms with E-state index in [9.17, 15) is 9.18 Å². The number of nitrogens with one attached hydrogen (secondary N) is 1. The van der Waals surface area contributed by atoms with Gasteiger partial charge in [-0.15, -0.1) is 0 Å². The minimum absolute atomic E-state index is 0.116. The molecule has 1 fully saturated rings. The minimum Gasteiger partial charge on any atom is -0.370 e. The summed E-state index contributed by atoms with van der Waals surface area (Å²) in [4.78, 5) is 18.1. The quantitative estimate of drug-likeness (QED) is 0.720. The zero-order valence-electron chi connectivity index (χ0n) is 14.3. The second kappa shape index (κ2) is 6.74. The van der Waals surface area contributed by atoms with Gasteiger partial charge in [0, 0.05) is 28.2 Å². The number of amides is 1. The summed E-state index contributed by atoms with van der Waals surface area (Å²) >= 11 is 6.07. The van der Waals surface area contributed by atoms with E-state index in [-0.39, 0.29) is 17.8 Å². The fourth-order valence-electron chi connectivity index (χ4n) is 3.47. The highest BCUT2D eigenvalue weighted by Gasteiger charge is 2.28. The molecule has 0 bridgehead atoms. The van der Waals surface area contributed by atoms with Crippen molar-refractivity contribution in [2.45, 2.75) is 13.0 Å². The van der Waals surface area contributed by atoms with Crippen molar-refractivity contribution < 1.29 is 13.9 Å². The van der Waals surface area contributed by atoms with Crippen LogP contribution in [0.4, 0.5) is 4.39 Å². The highest BCUT2D eigenvalue weighted by molar-refractivity contribution is 6.30. The summed E-state index contributed by atoms with van der Waals surface area (Å²) in [5, 5.41) is 1.25. The second-order valence-electron chi connectivity index (χ2n) is 6.48. The van der Waals surface area contributed by atoms with Gasteiger partial charge in [0.1, 0.15) is 11.9 Å². The fourth-order valence-corrected chi connectivity index (χ4v) is 3.67. The number of aromatic amines is 1. The van der Waals surface area contributed by atoms with Gasteiger partial charge in [-0.1, -0.05) is 23.7 Å². The average molecular weight is 373 g/mol. The van der Waals surface area contributed by atoms with Gasteiger partial charge in [-0.2, -0.15) is 0 Å². The predicted octanol–water partition coefficient (Wildman–Crippen LogP) is 4.48. The summed E-state index contributed by atoms with van der Waals surface area (Å²) in [7, 11) is 0. The molecule has 2 heterocycles. The SMILES string of the molecule is Cc1[nH]c2ccc(F)cc2c1C(=O)N1CCOC(c2cccc(Cl)c2)C1. The smallest absolute Gasteiger partial charge is 0.256 e. The number of carbonyl (C=O) groups is 1. The third kappa shape index (κ3) is 3.08. The fraction of sp³-hybridized carbons (Fsp3) is 0.250. The molecule has 0 saturated carbocycles. The molecule has 2 aromatic carbocycles. The summed E-state index contributed by atoms with van der Waals surface area (Å²) in [5.74, 6) is -0.473. The number of morpholine rings is 1. The first-order valence-electron chi connectivity index (χ1n) is 8.47. The number of aromatic nitrogens is 1. The van der Waals surface area contributed by atoms with Crippen LogP contribution in [0.1, 0.15) is 27.7 Å². The van der Waals surface area contributed by atoms with Crippen LogP contribution in [0.2, 0.25) is 5.02 Å². The zero-order chi connectivity index (χ0) is 18.3. The van der Waals surface area contributed by atoms with Crippen LogP contribution < -0.4 is 0 Å². The molecule has 4 rings (SSSR count). The van der Waals surface area contributed by atoms with Gasteiger partial charge in [0.2, 0.25) is 0 Å². The van der Waals surface area contributed by atoms with Crippen molar-refractivity contribution in [3.05, 3.63) is 70.1 Å². The van der Waals surface area contributed by atoms with Crippen molar-refractivity contribution in [2.24, 2.45) is 0 Å². The Balaban J connectivity index is 1.64. The van der Waals surface area contributed by atoms with E-state index >= 15 is 0 Å². The van der Waals surface area contributed by atoms with E-state index in [2.05, 4.69) is 4.98 Å². The van der Waals surface area contributed by atoms with E-state index in [4.69, 9.17) is 16.3 Å². The first-order chi connectivity index (χ1) is 12.5. The summed E-state index contributed by atoms with van der Waals surface area (Å²) < 4.78 is 19.5. The molecule has 0 spiro atoms. The lowest BCUT2D eigenvalue weighted by Crippen LogP contribution is -2.42. The van der Waals surface area contributed by atoms with Crippen LogP contribution in [0.5, 0.6) is 0 Å². The highest BCUT2D eigenvalue weighted by Crippen LogP contribution is 2.28. The van der Waals surface area contributed by atoms with Gasteiger partial charge in [0.15, 0.2) is 0 Å². The first-order valence-corrected chi connectivity index (χ1v) is 8.85. The van der Waals surface area contributed by atoms with Gasteiger partial charge in [0.25, 0.3) is 5.91 Å². The average Bonchev–Trinajstić information content (AvgIpc) is 2.96. The Morgan fingerprint density at radius 3 is 2.96 bits per heavy atom. The van der Waals surface area contributed by atoms with Crippen LogP contribution in [-0.4, -0.2) is 35.5 Å². The Hall–Kier alpha value is -2.37. The molecule has 134 valence electrons. The lowest BCUT2D eigenvalue weighted by atomic mass is 10.1. The number of ether oxygens (including phenoxy) is 1. The zero-order valence-corrected chi connectivity index (χ0v) is 15.0. The normalized spacial score (nSPS) is 17.7. The molecule has 1 saturated heterocycles. The lowest BCUT2D eigenvalue weighted by Gasteiger charge is -2.33. The molecular formula is C20H18ClFN2O2. The van der Waals surface area contributed by atoms with E-state index in [1.807, 2.05) is 25.1 Å². The van der Waals surface area contributed by atoms with Gasteiger partial charge >= 0.3 is 0 Å². The molecule has 1 amide bonds. The molecule has 1 aromatic heterocycles. The molecule has 0 aliphatic carbocycles. The van der Waals surface area contributed by atoms with E-state index in [0.29, 0.717) is 35.7 Å². The summed E-state index contributed by atoms with van der Waals surface area (Å²) in [6.45, 7) is 3.21. The van der Waals surface area contributed by atoms with Crippen LogP contribution >= 0.6 is 11.6 Å². The number of carbonyl (C=O) groups excluding carboxylic acids is 1. The first kappa shape index (κ1) is 17.1. The maximum absolute atomic E-state index is 13.7. The Kier molecular flexibility index (Phi) is 4.42. The molecule has 1 aliphatic heterocycles. The van der Waals surface area contributed by atoms with Gasteiger partial charge in [0.05, 0.1) is 18.7 Å². The van der Waals surface area contributed by atoms with E-state index in [1.54, 1.807) is 17.0 Å². The van der Waals surface area contributed by atoms with E-state index in [1.165, 1.54) is 12.1 Å². The van der Waals surface area contributed by atoms with Gasteiger partial charge in [-0.25, -0.2) is 4.39 Å². The molecule has 1 unspecified atom stereocenters. The number of aryl methyl sites for hydroxylation is 1.